The van der Waals surface area contributed by atoms with Crippen LogP contribution in [0.25, 0.3) is 10.9 Å². The molecule has 35 heavy (non-hydrogen) atoms. The molecule has 0 N–H and O–H groups in total. The minimum absolute atomic E-state index is 0.0202. The number of amides is 1. The normalized spacial score (nSPS) is 18.0. The van der Waals surface area contributed by atoms with E-state index in [1.807, 2.05) is 0 Å². The monoisotopic (exact) mass is 499 g/mol. The number of piperidine rings is 1. The fraction of sp³-hybridized carbons (Fsp3) is 0.423. The number of nitrogens with zero attached hydrogens (tertiary/aromatic N) is 3. The minimum Gasteiger partial charge on any atom is -0.493 e. The lowest BCUT2D eigenvalue weighted by atomic mass is 9.92. The van der Waals surface area contributed by atoms with E-state index in [0.717, 1.165) is 11.0 Å². The van der Waals surface area contributed by atoms with Gasteiger partial charge in [-0.15, -0.1) is 0 Å². The zero-order valence-electron chi connectivity index (χ0n) is 20.4. The summed E-state index contributed by atoms with van der Waals surface area (Å²) in [4.78, 5) is 42.3. The molecule has 3 aromatic rings. The van der Waals surface area contributed by atoms with Crippen LogP contribution in [0.3, 0.4) is 0 Å². The van der Waals surface area contributed by atoms with Crippen LogP contribution in [-0.2, 0) is 17.9 Å². The Labute approximate surface area is 208 Å². The maximum atomic E-state index is 13.7. The standard InChI is InChI=1S/C26H30ClN3O5/c1-16-9-17(2)13-28(12-16)24(31)15-29-21-11-23(35-4)22(34-3)10-19(21)25(32)30(26(29)33)14-18-7-5-6-8-20(18)27/h5-8,10-11,16-17H,9,12-15H2,1-4H3/t16-,17+. The molecule has 0 radical (unpaired) electrons. The summed E-state index contributed by atoms with van der Waals surface area (Å²) in [5, 5.41) is 0.701. The lowest BCUT2D eigenvalue weighted by molar-refractivity contribution is -0.134. The number of carbonyl (C=O) groups excluding carboxylic acids is 1. The van der Waals surface area contributed by atoms with E-state index in [4.69, 9.17) is 21.1 Å². The van der Waals surface area contributed by atoms with Crippen molar-refractivity contribution in [1.29, 1.82) is 0 Å². The van der Waals surface area contributed by atoms with Crippen molar-refractivity contribution in [2.45, 2.75) is 33.4 Å². The van der Waals surface area contributed by atoms with Gasteiger partial charge in [0, 0.05) is 24.2 Å². The number of likely N-dealkylation sites (tertiary alicyclic amines) is 1. The van der Waals surface area contributed by atoms with E-state index in [-0.39, 0.29) is 24.4 Å². The second kappa shape index (κ2) is 10.2. The van der Waals surface area contributed by atoms with Crippen molar-refractivity contribution in [3.8, 4) is 11.5 Å². The largest absolute Gasteiger partial charge is 0.493 e. The number of aromatic nitrogens is 2. The van der Waals surface area contributed by atoms with Gasteiger partial charge in [-0.25, -0.2) is 4.79 Å². The van der Waals surface area contributed by atoms with Crippen LogP contribution in [0.1, 0.15) is 25.8 Å². The third-order valence-electron chi connectivity index (χ3n) is 6.53. The summed E-state index contributed by atoms with van der Waals surface area (Å²) in [7, 11) is 2.95. The molecule has 1 aromatic heterocycles. The van der Waals surface area contributed by atoms with Gasteiger partial charge in [-0.2, -0.15) is 0 Å². The number of fused-ring (bicyclic) bond motifs is 1. The van der Waals surface area contributed by atoms with Crippen molar-refractivity contribution in [1.82, 2.24) is 14.0 Å². The topological polar surface area (TPSA) is 82.8 Å². The van der Waals surface area contributed by atoms with Crippen LogP contribution in [0.4, 0.5) is 0 Å². The van der Waals surface area contributed by atoms with Gasteiger partial charge < -0.3 is 14.4 Å². The van der Waals surface area contributed by atoms with E-state index in [9.17, 15) is 14.4 Å². The SMILES string of the molecule is COc1cc2c(=O)n(Cc3ccccc3Cl)c(=O)n(CC(=O)N3C[C@H](C)C[C@H](C)C3)c2cc1OC. The van der Waals surface area contributed by atoms with Crippen LogP contribution in [-0.4, -0.2) is 47.3 Å². The minimum atomic E-state index is -0.582. The maximum Gasteiger partial charge on any atom is 0.332 e. The van der Waals surface area contributed by atoms with E-state index < -0.39 is 11.2 Å². The summed E-state index contributed by atoms with van der Waals surface area (Å²) < 4.78 is 13.3. The van der Waals surface area contributed by atoms with E-state index in [0.29, 0.717) is 52.5 Å². The van der Waals surface area contributed by atoms with Crippen LogP contribution in [0.2, 0.25) is 5.02 Å². The highest BCUT2D eigenvalue weighted by molar-refractivity contribution is 6.31. The third-order valence-corrected chi connectivity index (χ3v) is 6.90. The molecule has 1 amide bonds. The maximum absolute atomic E-state index is 13.7. The number of carbonyl (C=O) groups is 1. The smallest absolute Gasteiger partial charge is 0.332 e. The van der Waals surface area contributed by atoms with Crippen molar-refractivity contribution in [2.24, 2.45) is 11.8 Å². The van der Waals surface area contributed by atoms with Crippen LogP contribution in [0, 0.1) is 11.8 Å². The fourth-order valence-corrected chi connectivity index (χ4v) is 5.13. The average Bonchev–Trinajstić information content (AvgIpc) is 2.83. The van der Waals surface area contributed by atoms with Gasteiger partial charge in [-0.05, 0) is 36.0 Å². The van der Waals surface area contributed by atoms with Gasteiger partial charge in [0.15, 0.2) is 11.5 Å². The highest BCUT2D eigenvalue weighted by atomic mass is 35.5. The average molecular weight is 500 g/mol. The quantitative estimate of drug-likeness (QED) is 0.519. The van der Waals surface area contributed by atoms with Crippen molar-refractivity contribution in [3.63, 3.8) is 0 Å². The van der Waals surface area contributed by atoms with Gasteiger partial charge >= 0.3 is 5.69 Å². The molecule has 1 aliphatic rings. The van der Waals surface area contributed by atoms with E-state index in [1.54, 1.807) is 41.3 Å². The van der Waals surface area contributed by atoms with Crippen molar-refractivity contribution < 1.29 is 14.3 Å². The summed E-state index contributed by atoms with van der Waals surface area (Å²) >= 11 is 6.32. The zero-order chi connectivity index (χ0) is 25.3. The molecule has 0 unspecified atom stereocenters. The second-order valence-electron chi connectivity index (χ2n) is 9.32. The van der Waals surface area contributed by atoms with Crippen molar-refractivity contribution >= 4 is 28.4 Å². The first-order valence-electron chi connectivity index (χ1n) is 11.6. The molecule has 0 aliphatic carbocycles. The van der Waals surface area contributed by atoms with Crippen LogP contribution in [0.5, 0.6) is 11.5 Å². The Morgan fingerprint density at radius 2 is 1.63 bits per heavy atom. The molecular formula is C26H30ClN3O5. The van der Waals surface area contributed by atoms with Crippen molar-refractivity contribution in [3.05, 3.63) is 67.8 Å². The Morgan fingerprint density at radius 1 is 1.00 bits per heavy atom. The van der Waals surface area contributed by atoms with Crippen LogP contribution >= 0.6 is 11.6 Å². The Balaban J connectivity index is 1.88. The summed E-state index contributed by atoms with van der Waals surface area (Å²) in [6.45, 7) is 5.33. The van der Waals surface area contributed by atoms with E-state index >= 15 is 0 Å². The van der Waals surface area contributed by atoms with Crippen LogP contribution < -0.4 is 20.7 Å². The van der Waals surface area contributed by atoms with Gasteiger partial charge in [0.1, 0.15) is 6.54 Å². The Morgan fingerprint density at radius 3 is 2.26 bits per heavy atom. The molecule has 4 rings (SSSR count). The third kappa shape index (κ3) is 4.93. The van der Waals surface area contributed by atoms with Gasteiger partial charge in [-0.3, -0.25) is 18.7 Å². The summed E-state index contributed by atoms with van der Waals surface area (Å²) in [6.07, 6.45) is 1.06. The first-order chi connectivity index (χ1) is 16.7. The molecule has 0 bridgehead atoms. The number of hydrogen-bond donors (Lipinski definition) is 0. The van der Waals surface area contributed by atoms with Crippen LogP contribution in [0.15, 0.2) is 46.0 Å². The molecule has 1 saturated heterocycles. The number of rotatable bonds is 6. The van der Waals surface area contributed by atoms with Gasteiger partial charge in [0.2, 0.25) is 5.91 Å². The Hall–Kier alpha value is -3.26. The molecule has 0 saturated carbocycles. The number of halogens is 1. The fourth-order valence-electron chi connectivity index (χ4n) is 4.93. The zero-order valence-corrected chi connectivity index (χ0v) is 21.2. The molecule has 0 spiro atoms. The summed E-state index contributed by atoms with van der Waals surface area (Å²) in [6, 6.07) is 10.2. The van der Waals surface area contributed by atoms with Gasteiger partial charge in [0.25, 0.3) is 5.56 Å². The predicted octanol–water partition coefficient (Wildman–Crippen LogP) is 3.39. The number of hydrogen-bond acceptors (Lipinski definition) is 5. The molecule has 186 valence electrons. The lowest BCUT2D eigenvalue weighted by Gasteiger charge is -2.35. The summed E-state index contributed by atoms with van der Waals surface area (Å²) in [5.74, 6) is 1.33. The first kappa shape index (κ1) is 24.9. The second-order valence-corrected chi connectivity index (χ2v) is 9.73. The Bertz CT molecular complexity index is 1370. The lowest BCUT2D eigenvalue weighted by Crippen LogP contribution is -2.47. The van der Waals surface area contributed by atoms with E-state index in [2.05, 4.69) is 13.8 Å². The highest BCUT2D eigenvalue weighted by Gasteiger charge is 2.27. The number of ether oxygens (including phenoxy) is 2. The highest BCUT2D eigenvalue weighted by Crippen LogP contribution is 2.31. The molecular weight excluding hydrogens is 470 g/mol. The predicted molar refractivity (Wildman–Crippen MR) is 136 cm³/mol. The molecule has 1 aliphatic heterocycles. The molecule has 8 nitrogen and oxygen atoms in total. The molecule has 2 atom stereocenters. The number of methoxy groups -OCH3 is 2. The van der Waals surface area contributed by atoms with Gasteiger partial charge in [0.05, 0.1) is 31.7 Å². The van der Waals surface area contributed by atoms with Gasteiger partial charge in [-0.1, -0.05) is 43.6 Å². The molecule has 2 heterocycles. The number of benzene rings is 2. The van der Waals surface area contributed by atoms with Crippen molar-refractivity contribution in [2.75, 3.05) is 27.3 Å². The molecule has 2 aromatic carbocycles. The van der Waals surface area contributed by atoms with E-state index in [1.165, 1.54) is 18.8 Å². The molecule has 9 heteroatoms. The summed E-state index contributed by atoms with van der Waals surface area (Å²) in [5.41, 5.74) is -0.125. The Kier molecular flexibility index (Phi) is 7.21. The first-order valence-corrected chi connectivity index (χ1v) is 12.0. The molecule has 1 fully saturated rings.